The van der Waals surface area contributed by atoms with Crippen molar-refractivity contribution >= 4 is 29.1 Å². The first kappa shape index (κ1) is 17.8. The number of hydrogen-bond donors (Lipinski definition) is 3. The summed E-state index contributed by atoms with van der Waals surface area (Å²) in [5, 5.41) is 6.13. The zero-order chi connectivity index (χ0) is 18.4. The first-order chi connectivity index (χ1) is 12.6. The van der Waals surface area contributed by atoms with E-state index in [1.54, 1.807) is 18.3 Å². The Kier molecular flexibility index (Phi) is 5.71. The number of H-pyrrole nitrogens is 1. The summed E-state index contributed by atoms with van der Waals surface area (Å²) in [5.41, 5.74) is 2.82. The van der Waals surface area contributed by atoms with E-state index in [1.807, 2.05) is 48.5 Å². The molecule has 6 heteroatoms. The minimum absolute atomic E-state index is 0.151. The van der Waals surface area contributed by atoms with Crippen molar-refractivity contribution in [1.82, 2.24) is 10.3 Å². The maximum Gasteiger partial charge on any atom is 0.252 e. The Labute approximate surface area is 156 Å². The number of carbonyl (C=O) groups is 2. The quantitative estimate of drug-likeness (QED) is 0.613. The van der Waals surface area contributed by atoms with E-state index in [1.165, 1.54) is 0 Å². The Balaban J connectivity index is 1.51. The van der Waals surface area contributed by atoms with Gasteiger partial charge >= 0.3 is 0 Å². The lowest BCUT2D eigenvalue weighted by Gasteiger charge is -2.06. The Morgan fingerprint density at radius 2 is 1.73 bits per heavy atom. The minimum Gasteiger partial charge on any atom is -0.360 e. The van der Waals surface area contributed by atoms with Crippen LogP contribution in [-0.2, 0) is 4.79 Å². The predicted molar refractivity (Wildman–Crippen MR) is 103 cm³/mol. The van der Waals surface area contributed by atoms with Crippen molar-refractivity contribution in [1.29, 1.82) is 0 Å². The summed E-state index contributed by atoms with van der Waals surface area (Å²) in [5.74, 6) is -0.394. The first-order valence-electron chi connectivity index (χ1n) is 8.20. The summed E-state index contributed by atoms with van der Waals surface area (Å²) in [6.07, 6.45) is 1.82. The van der Waals surface area contributed by atoms with Gasteiger partial charge in [0.15, 0.2) is 0 Å². The molecule has 0 atom stereocenters. The van der Waals surface area contributed by atoms with Crippen molar-refractivity contribution in [2.24, 2.45) is 0 Å². The second kappa shape index (κ2) is 8.36. The van der Waals surface area contributed by atoms with Gasteiger partial charge in [0.1, 0.15) is 0 Å². The number of aromatic amines is 1. The van der Waals surface area contributed by atoms with Crippen LogP contribution in [0.15, 0.2) is 66.9 Å². The highest BCUT2D eigenvalue weighted by molar-refractivity contribution is 6.33. The molecular weight excluding hydrogens is 350 g/mol. The fraction of sp³-hybridized carbons (Fsp3) is 0.100. The summed E-state index contributed by atoms with van der Waals surface area (Å²) in [7, 11) is 0. The Hall–Kier alpha value is -3.05. The fourth-order valence-corrected chi connectivity index (χ4v) is 2.73. The molecule has 0 saturated carbocycles. The molecule has 0 bridgehead atoms. The smallest absolute Gasteiger partial charge is 0.252 e. The van der Waals surface area contributed by atoms with E-state index >= 15 is 0 Å². The van der Waals surface area contributed by atoms with Crippen LogP contribution in [0.25, 0.3) is 11.3 Å². The SMILES string of the molecule is O=C(CCNC(=O)c1c[nH]c(-c2ccccc2Cl)c1)Nc1ccccc1. The molecule has 0 spiro atoms. The second-order valence-electron chi connectivity index (χ2n) is 5.70. The molecule has 0 fully saturated rings. The maximum atomic E-state index is 12.2. The lowest BCUT2D eigenvalue weighted by atomic mass is 10.1. The number of amides is 2. The van der Waals surface area contributed by atoms with E-state index in [9.17, 15) is 9.59 Å². The molecule has 3 rings (SSSR count). The summed E-state index contributed by atoms with van der Waals surface area (Å²) in [6, 6.07) is 18.3. The van der Waals surface area contributed by atoms with E-state index in [4.69, 9.17) is 11.6 Å². The molecule has 5 nitrogen and oxygen atoms in total. The van der Waals surface area contributed by atoms with Gasteiger partial charge < -0.3 is 15.6 Å². The van der Waals surface area contributed by atoms with E-state index in [-0.39, 0.29) is 24.8 Å². The molecule has 0 saturated heterocycles. The number of aromatic nitrogens is 1. The lowest BCUT2D eigenvalue weighted by Crippen LogP contribution is -2.27. The topological polar surface area (TPSA) is 74.0 Å². The van der Waals surface area contributed by atoms with Crippen LogP contribution in [0.4, 0.5) is 5.69 Å². The molecule has 1 heterocycles. The molecule has 132 valence electrons. The van der Waals surface area contributed by atoms with E-state index < -0.39 is 0 Å². The van der Waals surface area contributed by atoms with Crippen LogP contribution in [0.1, 0.15) is 16.8 Å². The monoisotopic (exact) mass is 367 g/mol. The van der Waals surface area contributed by atoms with Crippen LogP contribution in [0, 0.1) is 0 Å². The number of para-hydroxylation sites is 1. The highest BCUT2D eigenvalue weighted by Gasteiger charge is 2.11. The maximum absolute atomic E-state index is 12.2. The van der Waals surface area contributed by atoms with Crippen molar-refractivity contribution < 1.29 is 9.59 Å². The molecular formula is C20H18ClN3O2. The van der Waals surface area contributed by atoms with Crippen LogP contribution in [0.5, 0.6) is 0 Å². The lowest BCUT2D eigenvalue weighted by molar-refractivity contribution is -0.116. The van der Waals surface area contributed by atoms with Gasteiger partial charge in [0.05, 0.1) is 5.56 Å². The van der Waals surface area contributed by atoms with Gasteiger partial charge in [-0.1, -0.05) is 48.0 Å². The molecule has 2 amide bonds. The number of benzene rings is 2. The molecule has 0 radical (unpaired) electrons. The number of halogens is 1. The van der Waals surface area contributed by atoms with Crippen molar-refractivity contribution in [3.63, 3.8) is 0 Å². The third kappa shape index (κ3) is 4.52. The fourth-order valence-electron chi connectivity index (χ4n) is 2.50. The Morgan fingerprint density at radius 3 is 2.50 bits per heavy atom. The predicted octanol–water partition coefficient (Wildman–Crippen LogP) is 4.09. The van der Waals surface area contributed by atoms with Gasteiger partial charge in [0.25, 0.3) is 5.91 Å². The van der Waals surface area contributed by atoms with E-state index in [0.717, 1.165) is 16.9 Å². The molecule has 3 N–H and O–H groups in total. The molecule has 3 aromatic rings. The van der Waals surface area contributed by atoms with Crippen LogP contribution < -0.4 is 10.6 Å². The number of carbonyl (C=O) groups excluding carboxylic acids is 2. The molecule has 2 aromatic carbocycles. The number of anilines is 1. The average Bonchev–Trinajstić information content (AvgIpc) is 3.13. The third-order valence-corrected chi connectivity index (χ3v) is 4.13. The first-order valence-corrected chi connectivity index (χ1v) is 8.58. The van der Waals surface area contributed by atoms with Crippen molar-refractivity contribution in [3.05, 3.63) is 77.4 Å². The summed E-state index contributed by atoms with van der Waals surface area (Å²) in [6.45, 7) is 0.254. The molecule has 1 aromatic heterocycles. The van der Waals surface area contributed by atoms with Crippen LogP contribution in [0.3, 0.4) is 0 Å². The normalized spacial score (nSPS) is 10.3. The van der Waals surface area contributed by atoms with Gasteiger partial charge in [0.2, 0.25) is 5.91 Å². The van der Waals surface area contributed by atoms with Crippen molar-refractivity contribution in [3.8, 4) is 11.3 Å². The minimum atomic E-state index is -0.243. The van der Waals surface area contributed by atoms with Crippen LogP contribution in [-0.4, -0.2) is 23.3 Å². The number of rotatable bonds is 6. The van der Waals surface area contributed by atoms with Gasteiger partial charge in [-0.05, 0) is 24.3 Å². The zero-order valence-corrected chi connectivity index (χ0v) is 14.7. The van der Waals surface area contributed by atoms with E-state index in [0.29, 0.717) is 10.6 Å². The molecule has 26 heavy (non-hydrogen) atoms. The third-order valence-electron chi connectivity index (χ3n) is 3.80. The summed E-state index contributed by atoms with van der Waals surface area (Å²) >= 11 is 6.17. The van der Waals surface area contributed by atoms with Gasteiger partial charge in [-0.2, -0.15) is 0 Å². The van der Waals surface area contributed by atoms with Crippen LogP contribution >= 0.6 is 11.6 Å². The Bertz CT molecular complexity index is 906. The second-order valence-corrected chi connectivity index (χ2v) is 6.11. The standard InChI is InChI=1S/C20H18ClN3O2/c21-17-9-5-4-8-16(17)18-12-14(13-23-18)20(26)22-11-10-19(25)24-15-6-2-1-3-7-15/h1-9,12-13,23H,10-11H2,(H,22,26)(H,24,25). The molecule has 0 aliphatic heterocycles. The van der Waals surface area contributed by atoms with Gasteiger partial charge in [-0.3, -0.25) is 9.59 Å². The molecule has 0 aliphatic carbocycles. The Morgan fingerprint density at radius 1 is 1.00 bits per heavy atom. The largest absolute Gasteiger partial charge is 0.360 e. The van der Waals surface area contributed by atoms with Crippen molar-refractivity contribution in [2.45, 2.75) is 6.42 Å². The summed E-state index contributed by atoms with van der Waals surface area (Å²) < 4.78 is 0. The zero-order valence-electron chi connectivity index (χ0n) is 14.0. The number of nitrogens with one attached hydrogen (secondary N) is 3. The van der Waals surface area contributed by atoms with E-state index in [2.05, 4.69) is 15.6 Å². The van der Waals surface area contributed by atoms with Crippen molar-refractivity contribution in [2.75, 3.05) is 11.9 Å². The number of hydrogen-bond acceptors (Lipinski definition) is 2. The highest BCUT2D eigenvalue weighted by Crippen LogP contribution is 2.26. The van der Waals surface area contributed by atoms with Gasteiger partial charge in [-0.15, -0.1) is 0 Å². The van der Waals surface area contributed by atoms with Gasteiger partial charge in [-0.25, -0.2) is 0 Å². The average molecular weight is 368 g/mol. The van der Waals surface area contributed by atoms with Crippen LogP contribution in [0.2, 0.25) is 5.02 Å². The highest BCUT2D eigenvalue weighted by atomic mass is 35.5. The molecule has 0 aliphatic rings. The summed E-state index contributed by atoms with van der Waals surface area (Å²) in [4.78, 5) is 27.1. The van der Waals surface area contributed by atoms with Gasteiger partial charge in [0, 0.05) is 41.1 Å². The molecule has 0 unspecified atom stereocenters.